The summed E-state index contributed by atoms with van der Waals surface area (Å²) < 4.78 is 40.8. The molecule has 2 aromatic rings. The van der Waals surface area contributed by atoms with Crippen LogP contribution in [0.2, 0.25) is 0 Å². The Morgan fingerprint density at radius 2 is 1.57 bits per heavy atom. The summed E-state index contributed by atoms with van der Waals surface area (Å²) in [6.07, 6.45) is -3.63. The predicted octanol–water partition coefficient (Wildman–Crippen LogP) is 3.88. The molecule has 0 saturated carbocycles. The molecule has 0 aromatic heterocycles. The van der Waals surface area contributed by atoms with Crippen LogP contribution in [0.5, 0.6) is 5.75 Å². The molecule has 2 rings (SSSR count). The first-order valence-electron chi connectivity index (χ1n) is 8.39. The number of benzene rings is 2. The number of carbonyl (C=O) groups excluding carboxylic acids is 2. The number of ether oxygens (including phenoxy) is 1. The van der Waals surface area contributed by atoms with Gasteiger partial charge in [-0.15, -0.1) is 13.2 Å². The zero-order chi connectivity index (χ0) is 20.7. The fourth-order valence-electron chi connectivity index (χ4n) is 2.27. The minimum atomic E-state index is -4.81. The van der Waals surface area contributed by atoms with Crippen LogP contribution in [0.1, 0.15) is 29.8 Å². The Kier molecular flexibility index (Phi) is 6.81. The van der Waals surface area contributed by atoms with Gasteiger partial charge >= 0.3 is 6.36 Å². The molecule has 2 aromatic carbocycles. The highest BCUT2D eigenvalue weighted by Crippen LogP contribution is 2.24. The Morgan fingerprint density at radius 3 is 2.11 bits per heavy atom. The van der Waals surface area contributed by atoms with Crippen molar-refractivity contribution in [3.63, 3.8) is 0 Å². The number of halogens is 3. The predicted molar refractivity (Wildman–Crippen MR) is 98.3 cm³/mol. The van der Waals surface area contributed by atoms with E-state index >= 15 is 0 Å². The van der Waals surface area contributed by atoms with E-state index in [1.807, 2.05) is 0 Å². The molecule has 0 atom stereocenters. The molecule has 0 fully saturated rings. The van der Waals surface area contributed by atoms with Gasteiger partial charge in [0.15, 0.2) is 0 Å². The lowest BCUT2D eigenvalue weighted by atomic mass is 10.1. The van der Waals surface area contributed by atoms with Crippen LogP contribution in [-0.2, 0) is 4.79 Å². The summed E-state index contributed by atoms with van der Waals surface area (Å²) in [4.78, 5) is 24.5. The number of hydrogen-bond acceptors (Lipinski definition) is 3. The van der Waals surface area contributed by atoms with Crippen molar-refractivity contribution in [2.45, 2.75) is 26.3 Å². The van der Waals surface area contributed by atoms with Gasteiger partial charge in [0.1, 0.15) is 5.75 Å². The summed E-state index contributed by atoms with van der Waals surface area (Å²) in [6.45, 7) is 3.55. The molecule has 148 valence electrons. The zero-order valence-corrected chi connectivity index (χ0v) is 15.2. The molecule has 0 heterocycles. The highest BCUT2D eigenvalue weighted by Gasteiger charge is 2.31. The number of rotatable bonds is 6. The maximum atomic E-state index is 12.4. The molecule has 0 saturated heterocycles. The van der Waals surface area contributed by atoms with Crippen LogP contribution >= 0.6 is 0 Å². The lowest BCUT2D eigenvalue weighted by molar-refractivity contribution is -0.274. The van der Waals surface area contributed by atoms with Crippen molar-refractivity contribution < 1.29 is 27.5 Å². The molecule has 0 radical (unpaired) electrons. The third-order valence-electron chi connectivity index (χ3n) is 3.39. The van der Waals surface area contributed by atoms with Gasteiger partial charge in [0.25, 0.3) is 5.91 Å². The molecule has 8 heteroatoms. The van der Waals surface area contributed by atoms with Gasteiger partial charge in [0, 0.05) is 17.7 Å². The monoisotopic (exact) mass is 392 g/mol. The summed E-state index contributed by atoms with van der Waals surface area (Å²) in [6, 6.07) is 13.0. The molecule has 5 nitrogen and oxygen atoms in total. The molecular formula is C20H19F3N2O3. The zero-order valence-electron chi connectivity index (χ0n) is 15.2. The van der Waals surface area contributed by atoms with E-state index in [9.17, 15) is 22.8 Å². The first-order valence-corrected chi connectivity index (χ1v) is 8.39. The van der Waals surface area contributed by atoms with Crippen LogP contribution in [0.15, 0.2) is 60.7 Å². The minimum Gasteiger partial charge on any atom is -0.406 e. The van der Waals surface area contributed by atoms with E-state index in [0.717, 1.165) is 12.1 Å². The highest BCUT2D eigenvalue weighted by atomic mass is 19.4. The van der Waals surface area contributed by atoms with Crippen molar-refractivity contribution in [3.05, 3.63) is 71.8 Å². The number of amides is 2. The standard InChI is InChI=1S/C20H19F3N2O3/c1-13(2)24-18(26)12-17(25-19(27)15-6-4-3-5-7-15)14-8-10-16(11-9-14)28-20(21,22)23/h3-13H,1-2H3,(H,24,26)(H,25,27). The van der Waals surface area contributed by atoms with Gasteiger partial charge in [-0.1, -0.05) is 18.2 Å². The van der Waals surface area contributed by atoms with Gasteiger partial charge in [-0.25, -0.2) is 0 Å². The fraction of sp³-hybridized carbons (Fsp3) is 0.200. The quantitative estimate of drug-likeness (QED) is 0.733. The minimum absolute atomic E-state index is 0.127. The van der Waals surface area contributed by atoms with Crippen molar-refractivity contribution in [1.82, 2.24) is 10.6 Å². The molecule has 0 spiro atoms. The van der Waals surface area contributed by atoms with Gasteiger partial charge in [-0.05, 0) is 55.8 Å². The summed E-state index contributed by atoms with van der Waals surface area (Å²) in [5.41, 5.74) is 0.859. The van der Waals surface area contributed by atoms with Crippen LogP contribution in [-0.4, -0.2) is 24.2 Å². The van der Waals surface area contributed by atoms with Crippen molar-refractivity contribution >= 4 is 17.5 Å². The summed E-state index contributed by atoms with van der Waals surface area (Å²) in [5, 5.41) is 5.28. The summed E-state index contributed by atoms with van der Waals surface area (Å²) in [7, 11) is 0. The molecule has 0 bridgehead atoms. The normalized spacial score (nSPS) is 11.9. The second kappa shape index (κ2) is 9.07. The lowest BCUT2D eigenvalue weighted by Crippen LogP contribution is -2.30. The van der Waals surface area contributed by atoms with Crippen LogP contribution in [0.4, 0.5) is 13.2 Å². The van der Waals surface area contributed by atoms with Gasteiger partial charge in [-0.2, -0.15) is 0 Å². The molecule has 28 heavy (non-hydrogen) atoms. The molecule has 0 unspecified atom stereocenters. The van der Waals surface area contributed by atoms with E-state index in [2.05, 4.69) is 15.4 Å². The topological polar surface area (TPSA) is 67.4 Å². The first-order chi connectivity index (χ1) is 13.1. The molecule has 0 aliphatic heterocycles. The fourth-order valence-corrected chi connectivity index (χ4v) is 2.27. The summed E-state index contributed by atoms with van der Waals surface area (Å²) in [5.74, 6) is -1.31. The smallest absolute Gasteiger partial charge is 0.406 e. The Morgan fingerprint density at radius 1 is 0.964 bits per heavy atom. The summed E-state index contributed by atoms with van der Waals surface area (Å²) >= 11 is 0. The average molecular weight is 392 g/mol. The van der Waals surface area contributed by atoms with Crippen LogP contribution in [0, 0.1) is 0 Å². The Labute approximate surface area is 160 Å². The Balaban J connectivity index is 2.29. The molecule has 2 N–H and O–H groups in total. The van der Waals surface area contributed by atoms with Gasteiger partial charge < -0.3 is 15.4 Å². The molecule has 0 aliphatic carbocycles. The molecular weight excluding hydrogens is 373 g/mol. The third-order valence-corrected chi connectivity index (χ3v) is 3.39. The number of alkyl halides is 3. The maximum Gasteiger partial charge on any atom is 0.573 e. The average Bonchev–Trinajstić information content (AvgIpc) is 2.60. The van der Waals surface area contributed by atoms with E-state index in [1.165, 1.54) is 18.2 Å². The highest BCUT2D eigenvalue weighted by molar-refractivity contribution is 6.03. The first kappa shape index (κ1) is 21.0. The van der Waals surface area contributed by atoms with Crippen molar-refractivity contribution in [2.75, 3.05) is 0 Å². The van der Waals surface area contributed by atoms with Crippen molar-refractivity contribution in [1.29, 1.82) is 0 Å². The van der Waals surface area contributed by atoms with Gasteiger partial charge in [0.2, 0.25) is 5.91 Å². The largest absolute Gasteiger partial charge is 0.573 e. The second-order valence-electron chi connectivity index (χ2n) is 6.11. The Bertz CT molecular complexity index is 845. The Hall–Kier alpha value is -3.29. The van der Waals surface area contributed by atoms with Crippen molar-refractivity contribution in [2.24, 2.45) is 0 Å². The maximum absolute atomic E-state index is 12.4. The number of nitrogens with one attached hydrogen (secondary N) is 2. The molecule has 0 aliphatic rings. The van der Waals surface area contributed by atoms with E-state index in [1.54, 1.807) is 44.2 Å². The lowest BCUT2D eigenvalue weighted by Gasteiger charge is -2.13. The number of carbonyl (C=O) groups is 2. The van der Waals surface area contributed by atoms with Gasteiger partial charge in [0.05, 0.1) is 5.70 Å². The van der Waals surface area contributed by atoms with E-state index in [0.29, 0.717) is 11.1 Å². The van der Waals surface area contributed by atoms with Crippen LogP contribution in [0.25, 0.3) is 5.70 Å². The van der Waals surface area contributed by atoms with Crippen LogP contribution in [0.3, 0.4) is 0 Å². The second-order valence-corrected chi connectivity index (χ2v) is 6.11. The van der Waals surface area contributed by atoms with E-state index < -0.39 is 23.9 Å². The SMILES string of the molecule is CC(C)NC(=O)C=C(NC(=O)c1ccccc1)c1ccc(OC(F)(F)F)cc1. The van der Waals surface area contributed by atoms with Gasteiger partial charge in [-0.3, -0.25) is 9.59 Å². The van der Waals surface area contributed by atoms with E-state index in [4.69, 9.17) is 0 Å². The molecule has 2 amide bonds. The van der Waals surface area contributed by atoms with Crippen LogP contribution < -0.4 is 15.4 Å². The van der Waals surface area contributed by atoms with Crippen molar-refractivity contribution in [3.8, 4) is 5.75 Å². The third kappa shape index (κ3) is 6.79. The van der Waals surface area contributed by atoms with E-state index in [-0.39, 0.29) is 11.7 Å². The number of hydrogen-bond donors (Lipinski definition) is 2.